The fraction of sp³-hybridized carbons (Fsp3) is 0.750. The summed E-state index contributed by atoms with van der Waals surface area (Å²) in [4.78, 5) is 12.3. The Morgan fingerprint density at radius 2 is 2.33 bits per heavy atom. The summed E-state index contributed by atoms with van der Waals surface area (Å²) in [7, 11) is 0. The highest BCUT2D eigenvalue weighted by Crippen LogP contribution is 1.96. The van der Waals surface area contributed by atoms with Gasteiger partial charge in [0.05, 0.1) is 0 Å². The molecule has 5 heteroatoms. The quantitative estimate of drug-likeness (QED) is 0.630. The molecule has 3 nitrogen and oxygen atoms in total. The summed E-state index contributed by atoms with van der Waals surface area (Å²) in [6.07, 6.45) is 0.813. The van der Waals surface area contributed by atoms with Gasteiger partial charge in [0.15, 0.2) is 0 Å². The van der Waals surface area contributed by atoms with Gasteiger partial charge in [0.2, 0.25) is 0 Å². The summed E-state index contributed by atoms with van der Waals surface area (Å²) < 4.78 is 0.993. The lowest BCUT2D eigenvalue weighted by atomic mass is 10.5. The van der Waals surface area contributed by atoms with E-state index in [9.17, 15) is 4.79 Å². The van der Waals surface area contributed by atoms with Crippen LogP contribution in [0.5, 0.6) is 0 Å². The van der Waals surface area contributed by atoms with Crippen LogP contribution in [0.25, 0.3) is 0 Å². The van der Waals surface area contributed by atoms with Crippen molar-refractivity contribution in [2.75, 3.05) is 6.54 Å². The number of rotatable bonds is 2. The molecular formula is C4H8Cl2N2O. The molecule has 0 heterocycles. The van der Waals surface area contributed by atoms with Crippen molar-refractivity contribution < 1.29 is 4.79 Å². The second kappa shape index (κ2) is 4.70. The van der Waals surface area contributed by atoms with Crippen molar-refractivity contribution in [2.24, 2.45) is 0 Å². The molecular weight excluding hydrogens is 163 g/mol. The molecule has 2 amide bonds. The molecule has 0 aromatic heterocycles. The predicted octanol–water partition coefficient (Wildman–Crippen LogP) is 1.72. The van der Waals surface area contributed by atoms with Gasteiger partial charge < -0.3 is 0 Å². The Balaban J connectivity index is 3.45. The van der Waals surface area contributed by atoms with Crippen LogP contribution in [0.4, 0.5) is 4.79 Å². The summed E-state index contributed by atoms with van der Waals surface area (Å²) in [6, 6.07) is -0.486. The fourth-order valence-electron chi connectivity index (χ4n) is 0.344. The number of halogens is 2. The highest BCUT2D eigenvalue weighted by atomic mass is 35.5. The minimum atomic E-state index is -0.486. The number of carbonyl (C=O) groups excluding carboxylic acids is 1. The van der Waals surface area contributed by atoms with Crippen LogP contribution in [-0.4, -0.2) is 17.0 Å². The van der Waals surface area contributed by atoms with Crippen LogP contribution in [0.1, 0.15) is 13.3 Å². The molecule has 0 aliphatic heterocycles. The zero-order valence-corrected chi connectivity index (χ0v) is 6.54. The van der Waals surface area contributed by atoms with E-state index in [0.717, 1.165) is 10.8 Å². The van der Waals surface area contributed by atoms with Crippen molar-refractivity contribution in [3.63, 3.8) is 0 Å². The van der Waals surface area contributed by atoms with Gasteiger partial charge in [-0.3, -0.25) is 0 Å². The first-order valence-electron chi connectivity index (χ1n) is 2.56. The molecule has 0 saturated carbocycles. The number of nitrogens with zero attached hydrogens (tertiary/aromatic N) is 1. The summed E-state index contributed by atoms with van der Waals surface area (Å²) >= 11 is 10.3. The standard InChI is InChI=1S/C4H8Cl2N2O/c1-2-3-8(6)4(9)7-5/h2-3H2,1H3,(H,7,9). The molecule has 0 radical (unpaired) electrons. The molecule has 0 bridgehead atoms. The molecule has 1 N–H and O–H groups in total. The van der Waals surface area contributed by atoms with Gasteiger partial charge in [-0.15, -0.1) is 0 Å². The molecule has 0 aromatic carbocycles. The van der Waals surface area contributed by atoms with Crippen molar-refractivity contribution >= 4 is 29.6 Å². The van der Waals surface area contributed by atoms with Gasteiger partial charge in [-0.1, -0.05) is 6.92 Å². The van der Waals surface area contributed by atoms with Crippen LogP contribution in [0.3, 0.4) is 0 Å². The summed E-state index contributed by atoms with van der Waals surface area (Å²) in [5.41, 5.74) is 0. The van der Waals surface area contributed by atoms with E-state index in [4.69, 9.17) is 23.6 Å². The summed E-state index contributed by atoms with van der Waals surface area (Å²) in [5, 5.41) is 0. The van der Waals surface area contributed by atoms with Gasteiger partial charge in [0.25, 0.3) is 0 Å². The number of hydrogen-bond donors (Lipinski definition) is 1. The predicted molar refractivity (Wildman–Crippen MR) is 37.2 cm³/mol. The molecule has 0 unspecified atom stereocenters. The third-order valence-corrected chi connectivity index (χ3v) is 1.21. The topological polar surface area (TPSA) is 32.3 Å². The number of nitrogens with one attached hydrogen (secondary N) is 1. The van der Waals surface area contributed by atoms with E-state index >= 15 is 0 Å². The minimum Gasteiger partial charge on any atom is -0.249 e. The van der Waals surface area contributed by atoms with Crippen molar-refractivity contribution in [1.82, 2.24) is 9.25 Å². The molecule has 0 atom stereocenters. The van der Waals surface area contributed by atoms with Crippen LogP contribution in [-0.2, 0) is 0 Å². The number of hydrogen-bond acceptors (Lipinski definition) is 1. The van der Waals surface area contributed by atoms with Crippen molar-refractivity contribution in [3.05, 3.63) is 0 Å². The first-order valence-corrected chi connectivity index (χ1v) is 3.28. The van der Waals surface area contributed by atoms with Crippen molar-refractivity contribution in [3.8, 4) is 0 Å². The summed E-state index contributed by atoms with van der Waals surface area (Å²) in [6.45, 7) is 2.41. The van der Waals surface area contributed by atoms with E-state index < -0.39 is 6.03 Å². The van der Waals surface area contributed by atoms with E-state index in [1.807, 2.05) is 11.8 Å². The van der Waals surface area contributed by atoms with Crippen molar-refractivity contribution in [1.29, 1.82) is 0 Å². The Kier molecular flexibility index (Phi) is 4.62. The van der Waals surface area contributed by atoms with Crippen LogP contribution in [0.2, 0.25) is 0 Å². The highest BCUT2D eigenvalue weighted by molar-refractivity contribution is 6.27. The van der Waals surface area contributed by atoms with Crippen LogP contribution in [0.15, 0.2) is 0 Å². The van der Waals surface area contributed by atoms with Gasteiger partial charge in [-0.2, -0.15) is 0 Å². The SMILES string of the molecule is CCCN(Cl)C(=O)NCl. The van der Waals surface area contributed by atoms with Crippen LogP contribution < -0.4 is 4.84 Å². The largest absolute Gasteiger partial charge is 0.346 e. The number of amides is 2. The van der Waals surface area contributed by atoms with Gasteiger partial charge in [-0.05, 0) is 6.42 Å². The minimum absolute atomic E-state index is 0.486. The first-order chi connectivity index (χ1) is 4.22. The Hall–Kier alpha value is -0.150. The molecule has 54 valence electrons. The van der Waals surface area contributed by atoms with E-state index in [1.54, 1.807) is 0 Å². The van der Waals surface area contributed by atoms with Crippen molar-refractivity contribution in [2.45, 2.75) is 13.3 Å². The van der Waals surface area contributed by atoms with Gasteiger partial charge in [0, 0.05) is 30.1 Å². The van der Waals surface area contributed by atoms with Gasteiger partial charge in [-0.25, -0.2) is 14.0 Å². The fourth-order valence-corrected chi connectivity index (χ4v) is 0.700. The normalized spacial score (nSPS) is 8.78. The van der Waals surface area contributed by atoms with Crippen LogP contribution >= 0.6 is 23.6 Å². The smallest absolute Gasteiger partial charge is 0.249 e. The third kappa shape index (κ3) is 3.43. The van der Waals surface area contributed by atoms with E-state index in [0.29, 0.717) is 6.54 Å². The van der Waals surface area contributed by atoms with E-state index in [1.165, 1.54) is 0 Å². The Morgan fingerprint density at radius 3 is 2.67 bits per heavy atom. The third-order valence-electron chi connectivity index (χ3n) is 0.721. The van der Waals surface area contributed by atoms with E-state index in [-0.39, 0.29) is 0 Å². The molecule has 0 fully saturated rings. The molecule has 0 aliphatic rings. The molecule has 0 spiro atoms. The van der Waals surface area contributed by atoms with E-state index in [2.05, 4.69) is 0 Å². The zero-order valence-electron chi connectivity index (χ0n) is 5.03. The highest BCUT2D eigenvalue weighted by Gasteiger charge is 2.05. The Bertz CT molecular complexity index is 98.6. The van der Waals surface area contributed by atoms with Crippen LogP contribution in [0, 0.1) is 0 Å². The lowest BCUT2D eigenvalue weighted by Crippen LogP contribution is -2.28. The molecule has 0 rings (SSSR count). The summed E-state index contributed by atoms with van der Waals surface area (Å²) in [5.74, 6) is 0. The first kappa shape index (κ1) is 8.85. The molecule has 0 aromatic rings. The molecule has 0 aliphatic carbocycles. The number of carbonyl (C=O) groups is 1. The number of urea groups is 1. The average molecular weight is 171 g/mol. The zero-order chi connectivity index (χ0) is 7.28. The maximum Gasteiger partial charge on any atom is 0.346 e. The lowest BCUT2D eigenvalue weighted by Gasteiger charge is -2.09. The monoisotopic (exact) mass is 170 g/mol. The van der Waals surface area contributed by atoms with Gasteiger partial charge >= 0.3 is 6.03 Å². The molecule has 9 heavy (non-hydrogen) atoms. The second-order valence-electron chi connectivity index (χ2n) is 1.49. The molecule has 0 saturated heterocycles. The average Bonchev–Trinajstić information content (AvgIpc) is 1.87. The maximum absolute atomic E-state index is 10.5. The maximum atomic E-state index is 10.5. The second-order valence-corrected chi connectivity index (χ2v) is 2.08. The lowest BCUT2D eigenvalue weighted by molar-refractivity contribution is 0.230. The Labute approximate surface area is 64.1 Å². The Morgan fingerprint density at radius 1 is 1.78 bits per heavy atom. The van der Waals surface area contributed by atoms with Gasteiger partial charge in [0.1, 0.15) is 0 Å².